The second-order valence-corrected chi connectivity index (χ2v) is 3.14. The Morgan fingerprint density at radius 3 is 2.62 bits per heavy atom. The highest BCUT2D eigenvalue weighted by atomic mass is 19.4. The number of nitrogens with zero attached hydrogens (tertiary/aromatic N) is 1. The molecule has 5 heteroatoms. The molecule has 1 saturated heterocycles. The highest BCUT2D eigenvalue weighted by molar-refractivity contribution is 5.76. The number of hydrogen-bond donors (Lipinski definition) is 0. The van der Waals surface area contributed by atoms with Crippen LogP contribution in [0.2, 0.25) is 0 Å². The van der Waals surface area contributed by atoms with Crippen LogP contribution in [0, 0.1) is 0 Å². The van der Waals surface area contributed by atoms with Gasteiger partial charge in [-0.3, -0.25) is 4.79 Å². The number of carbonyl (C=O) groups is 1. The van der Waals surface area contributed by atoms with Crippen molar-refractivity contribution in [3.8, 4) is 0 Å². The Morgan fingerprint density at radius 1 is 1.54 bits per heavy atom. The second kappa shape index (κ2) is 3.55. The summed E-state index contributed by atoms with van der Waals surface area (Å²) in [5.41, 5.74) is 0. The number of hydrogen-bond acceptors (Lipinski definition) is 1. The van der Waals surface area contributed by atoms with Crippen LogP contribution in [0.15, 0.2) is 0 Å². The summed E-state index contributed by atoms with van der Waals surface area (Å²) >= 11 is 0. The maximum absolute atomic E-state index is 12.3. The molecule has 0 spiro atoms. The van der Waals surface area contributed by atoms with E-state index in [0.29, 0.717) is 6.42 Å². The van der Waals surface area contributed by atoms with Crippen molar-refractivity contribution in [1.29, 1.82) is 0 Å². The second-order valence-electron chi connectivity index (χ2n) is 3.14. The van der Waals surface area contributed by atoms with E-state index in [1.54, 1.807) is 6.92 Å². The molecule has 0 aromatic heterocycles. The zero-order valence-electron chi connectivity index (χ0n) is 7.40. The van der Waals surface area contributed by atoms with E-state index >= 15 is 0 Å². The predicted molar refractivity (Wildman–Crippen MR) is 41.1 cm³/mol. The molecule has 1 heterocycles. The Bertz CT molecular complexity index is 202. The van der Waals surface area contributed by atoms with Gasteiger partial charge in [-0.15, -0.1) is 0 Å². The quantitative estimate of drug-likeness (QED) is 0.626. The molecule has 1 amide bonds. The number of carbonyl (C=O) groups excluding carboxylic acids is 1. The van der Waals surface area contributed by atoms with Gasteiger partial charge in [0.2, 0.25) is 5.91 Å². The monoisotopic (exact) mass is 195 g/mol. The highest BCUT2D eigenvalue weighted by Crippen LogP contribution is 2.32. The average molecular weight is 195 g/mol. The Balaban J connectivity index is 2.70. The van der Waals surface area contributed by atoms with Gasteiger partial charge in [0.1, 0.15) is 6.04 Å². The van der Waals surface area contributed by atoms with Crippen molar-refractivity contribution >= 4 is 5.91 Å². The maximum Gasteiger partial charge on any atom is 0.408 e. The molecule has 0 aromatic carbocycles. The van der Waals surface area contributed by atoms with Crippen LogP contribution >= 0.6 is 0 Å². The standard InChI is InChI=1S/C8H12F3NO/c1-2-7(13)12-5-3-4-6(12)8(9,10)11/h6H,2-5H2,1H3. The molecule has 0 radical (unpaired) electrons. The first kappa shape index (κ1) is 10.3. The van der Waals surface area contributed by atoms with Crippen LogP contribution in [-0.4, -0.2) is 29.6 Å². The smallest absolute Gasteiger partial charge is 0.331 e. The van der Waals surface area contributed by atoms with Gasteiger partial charge in [-0.25, -0.2) is 0 Å². The van der Waals surface area contributed by atoms with Gasteiger partial charge < -0.3 is 4.90 Å². The maximum atomic E-state index is 12.3. The van der Waals surface area contributed by atoms with Gasteiger partial charge in [0, 0.05) is 13.0 Å². The lowest BCUT2D eigenvalue weighted by Gasteiger charge is -2.26. The molecule has 1 atom stereocenters. The SMILES string of the molecule is CCC(=O)N1CCCC1C(F)(F)F. The van der Waals surface area contributed by atoms with Gasteiger partial charge in [-0.05, 0) is 12.8 Å². The summed E-state index contributed by atoms with van der Waals surface area (Å²) in [6.07, 6.45) is -3.61. The zero-order valence-corrected chi connectivity index (χ0v) is 7.40. The van der Waals surface area contributed by atoms with E-state index in [2.05, 4.69) is 0 Å². The summed E-state index contributed by atoms with van der Waals surface area (Å²) in [5.74, 6) is -0.403. The Morgan fingerprint density at radius 2 is 2.15 bits per heavy atom. The molecule has 0 N–H and O–H groups in total. The number of rotatable bonds is 1. The number of amides is 1. The van der Waals surface area contributed by atoms with Gasteiger partial charge in [0.15, 0.2) is 0 Å². The van der Waals surface area contributed by atoms with Crippen LogP contribution in [-0.2, 0) is 4.79 Å². The molecule has 0 saturated carbocycles. The van der Waals surface area contributed by atoms with Crippen LogP contribution in [0.1, 0.15) is 26.2 Å². The summed E-state index contributed by atoms with van der Waals surface area (Å²) < 4.78 is 36.9. The van der Waals surface area contributed by atoms with Crippen LogP contribution in [0.5, 0.6) is 0 Å². The average Bonchev–Trinajstić information content (AvgIpc) is 2.49. The van der Waals surface area contributed by atoms with Crippen molar-refractivity contribution in [3.63, 3.8) is 0 Å². The third-order valence-corrected chi connectivity index (χ3v) is 2.25. The van der Waals surface area contributed by atoms with Crippen molar-refractivity contribution in [2.24, 2.45) is 0 Å². The molecular formula is C8H12F3NO. The number of halogens is 3. The third-order valence-electron chi connectivity index (χ3n) is 2.25. The summed E-state index contributed by atoms with van der Waals surface area (Å²) in [4.78, 5) is 12.0. The van der Waals surface area contributed by atoms with Crippen molar-refractivity contribution in [2.45, 2.75) is 38.4 Å². The van der Waals surface area contributed by atoms with E-state index in [9.17, 15) is 18.0 Å². The highest BCUT2D eigenvalue weighted by Gasteiger charge is 2.47. The number of likely N-dealkylation sites (tertiary alicyclic amines) is 1. The number of alkyl halides is 3. The summed E-state index contributed by atoms with van der Waals surface area (Å²) in [6.45, 7) is 1.82. The molecule has 1 rings (SSSR count). The Hall–Kier alpha value is -0.740. The van der Waals surface area contributed by atoms with Crippen molar-refractivity contribution in [3.05, 3.63) is 0 Å². The fourth-order valence-corrected chi connectivity index (χ4v) is 1.61. The lowest BCUT2D eigenvalue weighted by atomic mass is 10.2. The van der Waals surface area contributed by atoms with Crippen LogP contribution in [0.3, 0.4) is 0 Å². The minimum atomic E-state index is -4.26. The first-order valence-corrected chi connectivity index (χ1v) is 4.33. The minimum absolute atomic E-state index is 0.0508. The lowest BCUT2D eigenvalue weighted by molar-refractivity contribution is -0.182. The molecule has 0 aromatic rings. The summed E-state index contributed by atoms with van der Waals surface area (Å²) in [5, 5.41) is 0. The third kappa shape index (κ3) is 2.14. The Kier molecular flexibility index (Phi) is 2.83. The molecule has 0 aliphatic carbocycles. The molecule has 76 valence electrons. The van der Waals surface area contributed by atoms with E-state index in [-0.39, 0.29) is 19.4 Å². The van der Waals surface area contributed by atoms with Gasteiger partial charge in [0.25, 0.3) is 0 Å². The Labute approximate surface area is 74.7 Å². The summed E-state index contributed by atoms with van der Waals surface area (Å²) in [6, 6.07) is -1.54. The minimum Gasteiger partial charge on any atom is -0.331 e. The van der Waals surface area contributed by atoms with E-state index in [1.807, 2.05) is 0 Å². The van der Waals surface area contributed by atoms with E-state index < -0.39 is 18.1 Å². The van der Waals surface area contributed by atoms with Crippen LogP contribution in [0.4, 0.5) is 13.2 Å². The zero-order chi connectivity index (χ0) is 10.1. The molecule has 1 aliphatic heterocycles. The van der Waals surface area contributed by atoms with Gasteiger partial charge in [0.05, 0.1) is 0 Å². The molecule has 0 bridgehead atoms. The van der Waals surface area contributed by atoms with Gasteiger partial charge >= 0.3 is 6.18 Å². The van der Waals surface area contributed by atoms with E-state index in [1.165, 1.54) is 0 Å². The predicted octanol–water partition coefficient (Wildman–Crippen LogP) is 1.95. The van der Waals surface area contributed by atoms with Crippen molar-refractivity contribution in [2.75, 3.05) is 6.54 Å². The van der Waals surface area contributed by atoms with Gasteiger partial charge in [-0.1, -0.05) is 6.92 Å². The molecule has 13 heavy (non-hydrogen) atoms. The molecule has 1 unspecified atom stereocenters. The lowest BCUT2D eigenvalue weighted by Crippen LogP contribution is -2.44. The van der Waals surface area contributed by atoms with E-state index in [0.717, 1.165) is 4.90 Å². The van der Waals surface area contributed by atoms with Crippen molar-refractivity contribution < 1.29 is 18.0 Å². The molecule has 1 fully saturated rings. The molecule has 2 nitrogen and oxygen atoms in total. The fourth-order valence-electron chi connectivity index (χ4n) is 1.61. The molecular weight excluding hydrogens is 183 g/mol. The van der Waals surface area contributed by atoms with Crippen LogP contribution in [0.25, 0.3) is 0 Å². The van der Waals surface area contributed by atoms with Crippen LogP contribution < -0.4 is 0 Å². The molecule has 1 aliphatic rings. The summed E-state index contributed by atoms with van der Waals surface area (Å²) in [7, 11) is 0. The van der Waals surface area contributed by atoms with Crippen molar-refractivity contribution in [1.82, 2.24) is 4.90 Å². The normalized spacial score (nSPS) is 23.7. The fraction of sp³-hybridized carbons (Fsp3) is 0.875. The first-order chi connectivity index (χ1) is 5.96. The largest absolute Gasteiger partial charge is 0.408 e. The first-order valence-electron chi connectivity index (χ1n) is 4.33. The van der Waals surface area contributed by atoms with E-state index in [4.69, 9.17) is 0 Å². The van der Waals surface area contributed by atoms with Gasteiger partial charge in [-0.2, -0.15) is 13.2 Å². The topological polar surface area (TPSA) is 20.3 Å².